The van der Waals surface area contributed by atoms with E-state index in [1.54, 1.807) is 0 Å². The van der Waals surface area contributed by atoms with Gasteiger partial charge < -0.3 is 10.4 Å². The minimum atomic E-state index is -1.03. The number of nitro benzene ring substituents is 1. The molecule has 0 aliphatic heterocycles. The van der Waals surface area contributed by atoms with Gasteiger partial charge in [0.05, 0.1) is 10.8 Å². The molecule has 1 aromatic carbocycles. The largest absolute Gasteiger partial charge is 0.481 e. The number of nitrogens with zero attached hydrogens (tertiary/aromatic N) is 1. The number of nitrogens with one attached hydrogen (secondary N) is 1. The molecule has 2 N–H and O–H groups in total. The Labute approximate surface area is 113 Å². The highest BCUT2D eigenvalue weighted by molar-refractivity contribution is 6.33. The molecule has 1 amide bonds. The number of rotatable bonds is 5. The van der Waals surface area contributed by atoms with E-state index in [1.807, 2.05) is 0 Å². The Morgan fingerprint density at radius 1 is 1.53 bits per heavy atom. The molecule has 0 aromatic heterocycles. The molecule has 0 aliphatic carbocycles. The summed E-state index contributed by atoms with van der Waals surface area (Å²) >= 11 is 5.67. The molecule has 0 saturated carbocycles. The van der Waals surface area contributed by atoms with Crippen molar-refractivity contribution in [2.24, 2.45) is 5.92 Å². The number of benzene rings is 1. The first kappa shape index (κ1) is 14.9. The molecule has 0 radical (unpaired) electrons. The average Bonchev–Trinajstić information content (AvgIpc) is 2.34. The van der Waals surface area contributed by atoms with Crippen LogP contribution in [0.1, 0.15) is 17.3 Å². The van der Waals surface area contributed by atoms with E-state index in [0.717, 1.165) is 6.07 Å². The molecule has 1 aromatic rings. The van der Waals surface area contributed by atoms with Crippen molar-refractivity contribution < 1.29 is 19.6 Å². The zero-order chi connectivity index (χ0) is 14.6. The Hall–Kier alpha value is -2.15. The standard InChI is InChI=1S/C11H11ClN2O5/c1-6(11(16)17)5-13-10(15)7-2-3-9(14(18)19)8(12)4-7/h2-4,6H,5H2,1H3,(H,13,15)(H,16,17). The zero-order valence-electron chi connectivity index (χ0n) is 9.92. The molecular formula is C11H11ClN2O5. The third-order valence-corrected chi connectivity index (χ3v) is 2.70. The number of carboxylic acid groups (broad SMARTS) is 1. The lowest BCUT2D eigenvalue weighted by atomic mass is 10.1. The first-order valence-electron chi connectivity index (χ1n) is 5.28. The highest BCUT2D eigenvalue weighted by atomic mass is 35.5. The van der Waals surface area contributed by atoms with E-state index in [-0.39, 0.29) is 22.8 Å². The maximum atomic E-state index is 11.7. The normalized spacial score (nSPS) is 11.7. The van der Waals surface area contributed by atoms with Crippen molar-refractivity contribution in [2.75, 3.05) is 6.54 Å². The molecule has 0 saturated heterocycles. The number of hydrogen-bond acceptors (Lipinski definition) is 4. The molecule has 102 valence electrons. The summed E-state index contributed by atoms with van der Waals surface area (Å²) in [5.41, 5.74) is -0.162. The molecule has 7 nitrogen and oxygen atoms in total. The first-order valence-corrected chi connectivity index (χ1v) is 5.65. The molecule has 0 fully saturated rings. The molecule has 1 rings (SSSR count). The molecule has 8 heteroatoms. The minimum absolute atomic E-state index is 0.0389. The number of carbonyl (C=O) groups is 2. The Bertz CT molecular complexity index is 532. The predicted molar refractivity (Wildman–Crippen MR) is 67.2 cm³/mol. The van der Waals surface area contributed by atoms with Crippen LogP contribution in [0.3, 0.4) is 0 Å². The number of halogens is 1. The third kappa shape index (κ3) is 3.92. The summed E-state index contributed by atoms with van der Waals surface area (Å²) in [7, 11) is 0. The SMILES string of the molecule is CC(CNC(=O)c1ccc([N+](=O)[O-])c(Cl)c1)C(=O)O. The highest BCUT2D eigenvalue weighted by Crippen LogP contribution is 2.24. The van der Waals surface area contributed by atoms with Crippen LogP contribution in [0.2, 0.25) is 5.02 Å². The summed E-state index contributed by atoms with van der Waals surface area (Å²) in [5.74, 6) is -2.29. The Balaban J connectivity index is 2.76. The second-order valence-corrected chi connectivity index (χ2v) is 4.28. The molecule has 19 heavy (non-hydrogen) atoms. The maximum absolute atomic E-state index is 11.7. The van der Waals surface area contributed by atoms with E-state index in [2.05, 4.69) is 5.32 Å². The van der Waals surface area contributed by atoms with Crippen molar-refractivity contribution in [1.29, 1.82) is 0 Å². The average molecular weight is 287 g/mol. The van der Waals surface area contributed by atoms with Gasteiger partial charge in [-0.2, -0.15) is 0 Å². The van der Waals surface area contributed by atoms with Crippen molar-refractivity contribution in [3.8, 4) is 0 Å². The van der Waals surface area contributed by atoms with E-state index in [9.17, 15) is 19.7 Å². The molecule has 0 heterocycles. The fraction of sp³-hybridized carbons (Fsp3) is 0.273. The molecular weight excluding hydrogens is 276 g/mol. The van der Waals surface area contributed by atoms with E-state index >= 15 is 0 Å². The Morgan fingerprint density at radius 3 is 2.63 bits per heavy atom. The highest BCUT2D eigenvalue weighted by Gasteiger charge is 2.17. The van der Waals surface area contributed by atoms with Crippen LogP contribution in [0.5, 0.6) is 0 Å². The van der Waals surface area contributed by atoms with Crippen molar-refractivity contribution in [2.45, 2.75) is 6.92 Å². The van der Waals surface area contributed by atoms with Gasteiger partial charge in [-0.3, -0.25) is 19.7 Å². The third-order valence-electron chi connectivity index (χ3n) is 2.40. The number of carbonyl (C=O) groups excluding carboxylic acids is 1. The lowest BCUT2D eigenvalue weighted by Crippen LogP contribution is -2.31. The second-order valence-electron chi connectivity index (χ2n) is 3.87. The first-order chi connectivity index (χ1) is 8.82. The molecule has 1 atom stereocenters. The summed E-state index contributed by atoms with van der Waals surface area (Å²) in [6.07, 6.45) is 0. The van der Waals surface area contributed by atoms with Crippen molar-refractivity contribution in [3.05, 3.63) is 38.9 Å². The van der Waals surface area contributed by atoms with Crippen LogP contribution in [0.15, 0.2) is 18.2 Å². The van der Waals surface area contributed by atoms with Gasteiger partial charge in [0, 0.05) is 18.2 Å². The topological polar surface area (TPSA) is 110 Å². The van der Waals surface area contributed by atoms with Gasteiger partial charge in [-0.05, 0) is 12.1 Å². The predicted octanol–water partition coefficient (Wildman–Crippen LogP) is 1.70. The Morgan fingerprint density at radius 2 is 2.16 bits per heavy atom. The molecule has 0 spiro atoms. The molecule has 1 unspecified atom stereocenters. The van der Waals surface area contributed by atoms with Gasteiger partial charge in [0.25, 0.3) is 11.6 Å². The van der Waals surface area contributed by atoms with Gasteiger partial charge in [0.2, 0.25) is 0 Å². The number of aliphatic carboxylic acids is 1. The molecule has 0 bridgehead atoms. The summed E-state index contributed by atoms with van der Waals surface area (Å²) in [4.78, 5) is 32.1. The lowest BCUT2D eigenvalue weighted by Gasteiger charge is -2.08. The van der Waals surface area contributed by atoms with Gasteiger partial charge in [-0.1, -0.05) is 18.5 Å². The van der Waals surface area contributed by atoms with Crippen LogP contribution >= 0.6 is 11.6 Å². The van der Waals surface area contributed by atoms with E-state index < -0.39 is 22.7 Å². The summed E-state index contributed by atoms with van der Waals surface area (Å²) in [6, 6.07) is 3.54. The Kier molecular flexibility index (Phi) is 4.82. The van der Waals surface area contributed by atoms with Gasteiger partial charge in [-0.25, -0.2) is 0 Å². The van der Waals surface area contributed by atoms with Crippen LogP contribution in [-0.2, 0) is 4.79 Å². The fourth-order valence-electron chi connectivity index (χ4n) is 1.23. The smallest absolute Gasteiger partial charge is 0.308 e. The van der Waals surface area contributed by atoms with E-state index in [1.165, 1.54) is 19.1 Å². The fourth-order valence-corrected chi connectivity index (χ4v) is 1.48. The summed E-state index contributed by atoms with van der Waals surface area (Å²) < 4.78 is 0. The monoisotopic (exact) mass is 286 g/mol. The van der Waals surface area contributed by atoms with Crippen molar-refractivity contribution >= 4 is 29.2 Å². The van der Waals surface area contributed by atoms with Crippen LogP contribution in [0.4, 0.5) is 5.69 Å². The number of carboxylic acids is 1. The van der Waals surface area contributed by atoms with Crippen molar-refractivity contribution in [1.82, 2.24) is 5.32 Å². The van der Waals surface area contributed by atoms with Crippen LogP contribution in [0, 0.1) is 16.0 Å². The van der Waals surface area contributed by atoms with Gasteiger partial charge in [0.1, 0.15) is 5.02 Å². The number of hydrogen-bond donors (Lipinski definition) is 2. The van der Waals surface area contributed by atoms with Crippen molar-refractivity contribution in [3.63, 3.8) is 0 Å². The quantitative estimate of drug-likeness (QED) is 0.632. The summed E-state index contributed by atoms with van der Waals surface area (Å²) in [5, 5.41) is 21.5. The molecule has 0 aliphatic rings. The maximum Gasteiger partial charge on any atom is 0.308 e. The van der Waals surface area contributed by atoms with E-state index in [0.29, 0.717) is 0 Å². The van der Waals surface area contributed by atoms with Gasteiger partial charge in [0.15, 0.2) is 0 Å². The lowest BCUT2D eigenvalue weighted by molar-refractivity contribution is -0.384. The van der Waals surface area contributed by atoms with Crippen LogP contribution in [0.25, 0.3) is 0 Å². The van der Waals surface area contributed by atoms with Crippen LogP contribution in [-0.4, -0.2) is 28.5 Å². The number of amides is 1. The van der Waals surface area contributed by atoms with Gasteiger partial charge in [-0.15, -0.1) is 0 Å². The van der Waals surface area contributed by atoms with Gasteiger partial charge >= 0.3 is 5.97 Å². The zero-order valence-corrected chi connectivity index (χ0v) is 10.7. The van der Waals surface area contributed by atoms with Crippen LogP contribution < -0.4 is 5.32 Å². The minimum Gasteiger partial charge on any atom is -0.481 e. The second kappa shape index (κ2) is 6.14. The summed E-state index contributed by atoms with van der Waals surface area (Å²) in [6.45, 7) is 1.41. The number of nitro groups is 1. The van der Waals surface area contributed by atoms with E-state index in [4.69, 9.17) is 16.7 Å².